The van der Waals surface area contributed by atoms with E-state index in [1.807, 2.05) is 21.1 Å². The number of likely N-dealkylation sites (N-methyl/N-ethyl adjacent to an activating group) is 1. The Morgan fingerprint density at radius 1 is 0.348 bits per heavy atom. The number of carboxylic acid groups (broad SMARTS) is 1. The Hall–Kier alpha value is -4.05. The summed E-state index contributed by atoms with van der Waals surface area (Å²) < 4.78 is 23.0. The molecular formula is C80H140NO8+. The maximum absolute atomic E-state index is 12.9. The molecule has 0 aromatic carbocycles. The molecule has 0 radical (unpaired) electrons. The standard InChI is InChI=1S/C80H139NO8/c1-6-8-10-12-14-16-18-20-22-24-26-28-30-32-34-35-36-37-38-39-40-41-42-43-45-46-48-50-52-54-56-58-60-62-64-66-68-70-77(82)87-74-76(75-88-80(79(84)85)86-73-72-81(3,4)5)89-78(83)71-69-67-65-63-61-59-57-55-53-51-49-47-44-33-31-29-27-25-23-21-19-17-15-13-11-9-7-2/h9,11,15,17-18,20-21,23-24,26-27,29,33,44,49,51,55,57,76,80H,6-8,10,12-14,16,19,22,25,28,30-32,34-43,45-48,50,52-54,56,58-75H2,1-5H3/p+1/b11-9-,17-15-,20-18-,23-21-,26-24-,29-27-,44-33-,51-49-,57-55-. The summed E-state index contributed by atoms with van der Waals surface area (Å²) in [5, 5.41) is 9.75. The van der Waals surface area contributed by atoms with Crippen molar-refractivity contribution in [3.05, 3.63) is 109 Å². The summed E-state index contributed by atoms with van der Waals surface area (Å²) in [6.45, 7) is 4.75. The number of ether oxygens (including phenoxy) is 4. The molecule has 0 fully saturated rings. The van der Waals surface area contributed by atoms with Crippen LogP contribution in [0, 0.1) is 0 Å². The SMILES string of the molecule is CC/C=C\C/C=C\C/C=C\C/C=C\C/C=C\C/C=C\C/C=C\CCCCCCCC(=O)OC(COC(=O)CCCCCCCCCCCCCCCCCCCCCCCCCCC/C=C\C/C=C\CCCCCCC)COC(OCC[N+](C)(C)C)C(=O)O. The van der Waals surface area contributed by atoms with Crippen LogP contribution in [-0.4, -0.2) is 87.4 Å². The summed E-state index contributed by atoms with van der Waals surface area (Å²) in [6, 6.07) is 0. The van der Waals surface area contributed by atoms with Gasteiger partial charge in [-0.25, -0.2) is 4.79 Å². The third-order valence-corrected chi connectivity index (χ3v) is 16.0. The summed E-state index contributed by atoms with van der Waals surface area (Å²) in [7, 11) is 5.97. The fraction of sp³-hybridized carbons (Fsp3) is 0.738. The molecule has 0 rings (SSSR count). The van der Waals surface area contributed by atoms with Crippen LogP contribution < -0.4 is 0 Å². The van der Waals surface area contributed by atoms with Gasteiger partial charge >= 0.3 is 17.9 Å². The van der Waals surface area contributed by atoms with Gasteiger partial charge in [-0.15, -0.1) is 0 Å². The van der Waals surface area contributed by atoms with Gasteiger partial charge in [0.15, 0.2) is 6.10 Å². The zero-order chi connectivity index (χ0) is 64.7. The van der Waals surface area contributed by atoms with Crippen LogP contribution in [0.1, 0.15) is 322 Å². The minimum Gasteiger partial charge on any atom is -0.477 e. The van der Waals surface area contributed by atoms with Gasteiger partial charge in [-0.1, -0.05) is 316 Å². The lowest BCUT2D eigenvalue weighted by atomic mass is 10.0. The highest BCUT2D eigenvalue weighted by molar-refractivity contribution is 5.71. The number of carbonyl (C=O) groups is 3. The number of nitrogens with zero attached hydrogens (tertiary/aromatic N) is 1. The fourth-order valence-electron chi connectivity index (χ4n) is 10.4. The van der Waals surface area contributed by atoms with E-state index in [9.17, 15) is 19.5 Å². The van der Waals surface area contributed by atoms with Gasteiger partial charge in [-0.05, 0) is 103 Å². The van der Waals surface area contributed by atoms with Gasteiger partial charge in [-0.3, -0.25) is 9.59 Å². The number of rotatable bonds is 68. The summed E-state index contributed by atoms with van der Waals surface area (Å²) in [4.78, 5) is 37.6. The summed E-state index contributed by atoms with van der Waals surface area (Å²) in [5.74, 6) is -2.03. The second kappa shape index (κ2) is 69.8. The molecule has 0 heterocycles. The zero-order valence-corrected chi connectivity index (χ0v) is 58.6. The number of esters is 2. The van der Waals surface area contributed by atoms with Gasteiger partial charge in [0.1, 0.15) is 13.2 Å². The van der Waals surface area contributed by atoms with E-state index in [0.717, 1.165) is 103 Å². The molecule has 0 spiro atoms. The van der Waals surface area contributed by atoms with Crippen molar-refractivity contribution in [1.82, 2.24) is 0 Å². The molecule has 0 aromatic heterocycles. The number of carbonyl (C=O) groups excluding carboxylic acids is 2. The average molecular weight is 1240 g/mol. The van der Waals surface area contributed by atoms with E-state index < -0.39 is 24.3 Å². The van der Waals surface area contributed by atoms with Crippen molar-refractivity contribution in [2.45, 2.75) is 334 Å². The minimum absolute atomic E-state index is 0.180. The maximum atomic E-state index is 12.9. The molecule has 2 unspecified atom stereocenters. The first kappa shape index (κ1) is 85.0. The van der Waals surface area contributed by atoms with E-state index in [-0.39, 0.29) is 32.2 Å². The lowest BCUT2D eigenvalue weighted by molar-refractivity contribution is -0.870. The van der Waals surface area contributed by atoms with Crippen LogP contribution in [0.2, 0.25) is 0 Å². The Morgan fingerprint density at radius 3 is 0.955 bits per heavy atom. The van der Waals surface area contributed by atoms with Crippen molar-refractivity contribution in [3.63, 3.8) is 0 Å². The number of quaternary nitrogens is 1. The van der Waals surface area contributed by atoms with E-state index in [4.69, 9.17) is 18.9 Å². The number of aliphatic carboxylic acids is 1. The lowest BCUT2D eigenvalue weighted by Crippen LogP contribution is -2.40. The molecule has 9 nitrogen and oxygen atoms in total. The van der Waals surface area contributed by atoms with Crippen LogP contribution in [0.3, 0.4) is 0 Å². The molecule has 0 aliphatic heterocycles. The average Bonchev–Trinajstić information content (AvgIpc) is 3.64. The Labute approximate surface area is 549 Å². The smallest absolute Gasteiger partial charge is 0.361 e. The number of unbranched alkanes of at least 4 members (excludes halogenated alkanes) is 35. The molecule has 0 aromatic rings. The Bertz CT molecular complexity index is 1830. The van der Waals surface area contributed by atoms with Crippen molar-refractivity contribution in [1.29, 1.82) is 0 Å². The molecule has 512 valence electrons. The predicted octanol–water partition coefficient (Wildman–Crippen LogP) is 23.4. The van der Waals surface area contributed by atoms with Gasteiger partial charge in [0.25, 0.3) is 6.29 Å². The first-order valence-electron chi connectivity index (χ1n) is 37.1. The van der Waals surface area contributed by atoms with Crippen molar-refractivity contribution >= 4 is 17.9 Å². The van der Waals surface area contributed by atoms with E-state index in [2.05, 4.69) is 123 Å². The maximum Gasteiger partial charge on any atom is 0.361 e. The summed E-state index contributed by atoms with van der Waals surface area (Å²) in [5.41, 5.74) is 0. The summed E-state index contributed by atoms with van der Waals surface area (Å²) in [6.07, 6.45) is 95.1. The van der Waals surface area contributed by atoms with Crippen LogP contribution in [0.25, 0.3) is 0 Å². The Balaban J connectivity index is 4.07. The van der Waals surface area contributed by atoms with Gasteiger partial charge in [-0.2, -0.15) is 0 Å². The Morgan fingerprint density at radius 2 is 0.640 bits per heavy atom. The molecule has 0 saturated heterocycles. The van der Waals surface area contributed by atoms with Crippen molar-refractivity contribution in [2.75, 3.05) is 47.5 Å². The van der Waals surface area contributed by atoms with Gasteiger partial charge < -0.3 is 28.5 Å². The first-order chi connectivity index (χ1) is 43.6. The predicted molar refractivity (Wildman–Crippen MR) is 382 cm³/mol. The van der Waals surface area contributed by atoms with Crippen LogP contribution in [0.15, 0.2) is 109 Å². The monoisotopic (exact) mass is 1240 g/mol. The topological polar surface area (TPSA) is 108 Å². The normalized spacial score (nSPS) is 13.3. The highest BCUT2D eigenvalue weighted by Crippen LogP contribution is 2.18. The van der Waals surface area contributed by atoms with Crippen molar-refractivity contribution < 1.29 is 42.9 Å². The van der Waals surface area contributed by atoms with Crippen LogP contribution in [0.4, 0.5) is 0 Å². The molecule has 9 heteroatoms. The van der Waals surface area contributed by atoms with Gasteiger partial charge in [0.2, 0.25) is 0 Å². The van der Waals surface area contributed by atoms with Crippen molar-refractivity contribution in [3.8, 4) is 0 Å². The largest absolute Gasteiger partial charge is 0.477 e. The summed E-state index contributed by atoms with van der Waals surface area (Å²) >= 11 is 0. The second-order valence-corrected chi connectivity index (χ2v) is 25.9. The van der Waals surface area contributed by atoms with E-state index in [0.29, 0.717) is 23.9 Å². The molecule has 1 N–H and O–H groups in total. The molecule has 0 amide bonds. The highest BCUT2D eigenvalue weighted by Gasteiger charge is 2.25. The third-order valence-electron chi connectivity index (χ3n) is 16.0. The van der Waals surface area contributed by atoms with E-state index >= 15 is 0 Å². The molecule has 0 aliphatic carbocycles. The van der Waals surface area contributed by atoms with E-state index in [1.165, 1.54) is 186 Å². The first-order valence-corrected chi connectivity index (χ1v) is 37.1. The molecule has 0 aliphatic rings. The number of carboxylic acids is 1. The number of hydrogen-bond acceptors (Lipinski definition) is 7. The fourth-order valence-corrected chi connectivity index (χ4v) is 10.4. The number of hydrogen-bond donors (Lipinski definition) is 1. The number of allylic oxidation sites excluding steroid dienone is 18. The van der Waals surface area contributed by atoms with E-state index in [1.54, 1.807) is 0 Å². The second-order valence-electron chi connectivity index (χ2n) is 25.9. The van der Waals surface area contributed by atoms with Crippen LogP contribution >= 0.6 is 0 Å². The molecule has 0 saturated carbocycles. The quantitative estimate of drug-likeness (QED) is 0.0211. The molecule has 89 heavy (non-hydrogen) atoms. The highest BCUT2D eigenvalue weighted by atomic mass is 16.7. The zero-order valence-electron chi connectivity index (χ0n) is 58.6. The third kappa shape index (κ3) is 71.3. The molecular weight excluding hydrogens is 1100 g/mol. The van der Waals surface area contributed by atoms with Crippen molar-refractivity contribution in [2.24, 2.45) is 0 Å². The van der Waals surface area contributed by atoms with Crippen LogP contribution in [0.5, 0.6) is 0 Å². The molecule has 2 atom stereocenters. The molecule has 0 bridgehead atoms. The lowest BCUT2D eigenvalue weighted by Gasteiger charge is -2.25. The van der Waals surface area contributed by atoms with Gasteiger partial charge in [0, 0.05) is 12.8 Å². The van der Waals surface area contributed by atoms with Gasteiger partial charge in [0.05, 0.1) is 34.4 Å². The van der Waals surface area contributed by atoms with Crippen LogP contribution in [-0.2, 0) is 33.3 Å². The Kier molecular flexibility index (Phi) is 66.7. The minimum atomic E-state index is -1.52.